The quantitative estimate of drug-likeness (QED) is 0.838. The van der Waals surface area contributed by atoms with E-state index >= 15 is 0 Å². The van der Waals surface area contributed by atoms with Gasteiger partial charge in [0.05, 0.1) is 12.2 Å². The first-order chi connectivity index (χ1) is 8.68. The Bertz CT molecular complexity index is 349. The van der Waals surface area contributed by atoms with Crippen molar-refractivity contribution in [2.75, 3.05) is 19.7 Å². The summed E-state index contributed by atoms with van der Waals surface area (Å²) in [6, 6.07) is 0. The van der Waals surface area contributed by atoms with E-state index in [2.05, 4.69) is 5.32 Å². The summed E-state index contributed by atoms with van der Waals surface area (Å²) in [7, 11) is 0. The molecule has 1 rings (SSSR count). The SMILES string of the molecule is CCC1(C)NC(=O)CCN(CCOC(C)(C)C)C1=O. The summed E-state index contributed by atoms with van der Waals surface area (Å²) in [4.78, 5) is 25.8. The molecule has 0 aromatic heterocycles. The van der Waals surface area contributed by atoms with Crippen LogP contribution in [0.25, 0.3) is 0 Å². The molecule has 1 atom stereocenters. The lowest BCUT2D eigenvalue weighted by atomic mass is 9.97. The highest BCUT2D eigenvalue weighted by Gasteiger charge is 2.38. The molecule has 1 unspecified atom stereocenters. The molecule has 1 aliphatic heterocycles. The lowest BCUT2D eigenvalue weighted by Gasteiger charge is -2.31. The average Bonchev–Trinajstić information content (AvgIpc) is 2.39. The maximum absolute atomic E-state index is 12.5. The van der Waals surface area contributed by atoms with Gasteiger partial charge < -0.3 is 15.0 Å². The number of carbonyl (C=O) groups is 2. The number of nitrogens with one attached hydrogen (secondary N) is 1. The van der Waals surface area contributed by atoms with Crippen molar-refractivity contribution in [2.24, 2.45) is 0 Å². The number of hydrogen-bond donors (Lipinski definition) is 1. The fourth-order valence-corrected chi connectivity index (χ4v) is 2.03. The van der Waals surface area contributed by atoms with Gasteiger partial charge in [-0.2, -0.15) is 0 Å². The van der Waals surface area contributed by atoms with E-state index in [0.29, 0.717) is 32.5 Å². The van der Waals surface area contributed by atoms with Crippen LogP contribution in [0.5, 0.6) is 0 Å². The van der Waals surface area contributed by atoms with Crippen molar-refractivity contribution in [2.45, 2.75) is 58.6 Å². The highest BCUT2D eigenvalue weighted by Crippen LogP contribution is 2.17. The van der Waals surface area contributed by atoms with Crippen molar-refractivity contribution in [3.63, 3.8) is 0 Å². The van der Waals surface area contributed by atoms with Crippen LogP contribution in [-0.4, -0.2) is 47.6 Å². The molecule has 110 valence electrons. The van der Waals surface area contributed by atoms with E-state index in [1.165, 1.54) is 0 Å². The van der Waals surface area contributed by atoms with Crippen LogP contribution in [0.2, 0.25) is 0 Å². The molecule has 1 N–H and O–H groups in total. The lowest BCUT2D eigenvalue weighted by molar-refractivity contribution is -0.139. The molecule has 0 radical (unpaired) electrons. The minimum absolute atomic E-state index is 0.0154. The minimum Gasteiger partial charge on any atom is -0.374 e. The second kappa shape index (κ2) is 5.90. The van der Waals surface area contributed by atoms with Crippen LogP contribution in [0.1, 0.15) is 47.5 Å². The van der Waals surface area contributed by atoms with E-state index in [9.17, 15) is 9.59 Å². The van der Waals surface area contributed by atoms with Crippen LogP contribution >= 0.6 is 0 Å². The highest BCUT2D eigenvalue weighted by atomic mass is 16.5. The number of carbonyl (C=O) groups excluding carboxylic acids is 2. The number of rotatable bonds is 4. The Kier molecular flexibility index (Phi) is 4.96. The molecule has 0 spiro atoms. The molecular formula is C14H26N2O3. The van der Waals surface area contributed by atoms with E-state index < -0.39 is 5.54 Å². The van der Waals surface area contributed by atoms with Gasteiger partial charge in [0.1, 0.15) is 5.54 Å². The van der Waals surface area contributed by atoms with Gasteiger partial charge in [-0.3, -0.25) is 9.59 Å². The summed E-state index contributed by atoms with van der Waals surface area (Å²) in [5, 5.41) is 2.82. The van der Waals surface area contributed by atoms with Crippen LogP contribution in [0.4, 0.5) is 0 Å². The van der Waals surface area contributed by atoms with Crippen molar-refractivity contribution in [1.29, 1.82) is 0 Å². The van der Waals surface area contributed by atoms with Gasteiger partial charge in [-0.25, -0.2) is 0 Å². The Morgan fingerprint density at radius 2 is 2.00 bits per heavy atom. The zero-order valence-corrected chi connectivity index (χ0v) is 12.7. The zero-order chi connectivity index (χ0) is 14.7. The largest absolute Gasteiger partial charge is 0.374 e. The molecule has 1 heterocycles. The molecular weight excluding hydrogens is 244 g/mol. The molecule has 0 aromatic carbocycles. The van der Waals surface area contributed by atoms with Gasteiger partial charge in [-0.1, -0.05) is 6.92 Å². The summed E-state index contributed by atoms with van der Waals surface area (Å²) in [5.74, 6) is -0.0738. The normalized spacial score (nSPS) is 25.2. The number of nitrogens with zero attached hydrogens (tertiary/aromatic N) is 1. The summed E-state index contributed by atoms with van der Waals surface area (Å²) >= 11 is 0. The average molecular weight is 270 g/mol. The van der Waals surface area contributed by atoms with Gasteiger partial charge >= 0.3 is 0 Å². The van der Waals surface area contributed by atoms with Crippen molar-refractivity contribution < 1.29 is 14.3 Å². The van der Waals surface area contributed by atoms with Gasteiger partial charge in [0.15, 0.2) is 0 Å². The van der Waals surface area contributed by atoms with Gasteiger partial charge in [0.25, 0.3) is 0 Å². The summed E-state index contributed by atoms with van der Waals surface area (Å²) in [6.07, 6.45) is 0.949. The van der Waals surface area contributed by atoms with Crippen LogP contribution in [0.3, 0.4) is 0 Å². The predicted octanol–water partition coefficient (Wildman–Crippen LogP) is 1.32. The van der Waals surface area contributed by atoms with Crippen molar-refractivity contribution in [3.8, 4) is 0 Å². The standard InChI is InChI=1S/C14H26N2O3/c1-6-14(5)12(18)16(8-7-11(17)15-14)9-10-19-13(2,3)4/h6-10H2,1-5H3,(H,15,17). The lowest BCUT2D eigenvalue weighted by Crippen LogP contribution is -2.55. The maximum Gasteiger partial charge on any atom is 0.248 e. The second-order valence-corrected chi connectivity index (χ2v) is 6.24. The fourth-order valence-electron chi connectivity index (χ4n) is 2.03. The Morgan fingerprint density at radius 1 is 1.37 bits per heavy atom. The second-order valence-electron chi connectivity index (χ2n) is 6.24. The monoisotopic (exact) mass is 270 g/mol. The van der Waals surface area contributed by atoms with Gasteiger partial charge in [-0.15, -0.1) is 0 Å². The Hall–Kier alpha value is -1.10. The van der Waals surface area contributed by atoms with Crippen LogP contribution in [0.15, 0.2) is 0 Å². The zero-order valence-electron chi connectivity index (χ0n) is 12.7. The van der Waals surface area contributed by atoms with Crippen molar-refractivity contribution >= 4 is 11.8 Å². The molecule has 2 amide bonds. The van der Waals surface area contributed by atoms with Crippen molar-refractivity contribution in [1.82, 2.24) is 10.2 Å². The topological polar surface area (TPSA) is 58.6 Å². The maximum atomic E-state index is 12.5. The molecule has 0 aliphatic carbocycles. The predicted molar refractivity (Wildman–Crippen MR) is 73.7 cm³/mol. The molecule has 1 aliphatic rings. The van der Waals surface area contributed by atoms with E-state index in [4.69, 9.17) is 4.74 Å². The third-order valence-electron chi connectivity index (χ3n) is 3.39. The smallest absolute Gasteiger partial charge is 0.248 e. The van der Waals surface area contributed by atoms with Crippen LogP contribution in [-0.2, 0) is 14.3 Å². The molecule has 5 nitrogen and oxygen atoms in total. The third-order valence-corrected chi connectivity index (χ3v) is 3.39. The van der Waals surface area contributed by atoms with Gasteiger partial charge in [0, 0.05) is 19.5 Å². The first kappa shape index (κ1) is 16.0. The molecule has 19 heavy (non-hydrogen) atoms. The first-order valence-electron chi connectivity index (χ1n) is 6.92. The Balaban J connectivity index is 2.66. The van der Waals surface area contributed by atoms with Crippen LogP contribution < -0.4 is 5.32 Å². The van der Waals surface area contributed by atoms with E-state index in [-0.39, 0.29) is 17.4 Å². The summed E-state index contributed by atoms with van der Waals surface area (Å²) in [5.41, 5.74) is -0.994. The van der Waals surface area contributed by atoms with Crippen molar-refractivity contribution in [3.05, 3.63) is 0 Å². The van der Waals surface area contributed by atoms with Gasteiger partial charge in [-0.05, 0) is 34.1 Å². The van der Waals surface area contributed by atoms with E-state index in [1.807, 2.05) is 27.7 Å². The molecule has 0 saturated carbocycles. The Morgan fingerprint density at radius 3 is 2.53 bits per heavy atom. The number of ether oxygens (including phenoxy) is 1. The summed E-state index contributed by atoms with van der Waals surface area (Å²) in [6.45, 7) is 11.1. The third kappa shape index (κ3) is 4.49. The molecule has 0 aromatic rings. The van der Waals surface area contributed by atoms with E-state index in [1.54, 1.807) is 11.8 Å². The molecule has 1 fully saturated rings. The minimum atomic E-state index is -0.782. The Labute approximate surface area is 115 Å². The first-order valence-corrected chi connectivity index (χ1v) is 6.92. The molecule has 1 saturated heterocycles. The van der Waals surface area contributed by atoms with E-state index in [0.717, 1.165) is 0 Å². The number of amides is 2. The number of hydrogen-bond acceptors (Lipinski definition) is 3. The summed E-state index contributed by atoms with van der Waals surface area (Å²) < 4.78 is 5.65. The van der Waals surface area contributed by atoms with Gasteiger partial charge in [0.2, 0.25) is 11.8 Å². The molecule has 0 bridgehead atoms. The highest BCUT2D eigenvalue weighted by molar-refractivity contribution is 5.93. The molecule has 5 heteroatoms. The fraction of sp³-hybridized carbons (Fsp3) is 0.857. The van der Waals surface area contributed by atoms with Crippen LogP contribution in [0, 0.1) is 0 Å².